The summed E-state index contributed by atoms with van der Waals surface area (Å²) in [7, 11) is 0. The highest BCUT2D eigenvalue weighted by Gasteiger charge is 2.30. The van der Waals surface area contributed by atoms with Gasteiger partial charge < -0.3 is 14.2 Å². The highest BCUT2D eigenvalue weighted by molar-refractivity contribution is 5.94. The van der Waals surface area contributed by atoms with Gasteiger partial charge in [0.25, 0.3) is 5.91 Å². The summed E-state index contributed by atoms with van der Waals surface area (Å²) in [5.74, 6) is 1.45. The number of rotatable bonds is 5. The Labute approximate surface area is 182 Å². The molecule has 3 heterocycles. The van der Waals surface area contributed by atoms with E-state index in [0.29, 0.717) is 24.8 Å². The molecule has 6 heteroatoms. The molecule has 1 amide bonds. The lowest BCUT2D eigenvalue weighted by atomic mass is 10.1. The Morgan fingerprint density at radius 3 is 2.32 bits per heavy atom. The van der Waals surface area contributed by atoms with E-state index in [1.165, 1.54) is 12.8 Å². The van der Waals surface area contributed by atoms with Gasteiger partial charge in [-0.05, 0) is 38.7 Å². The van der Waals surface area contributed by atoms with Crippen molar-refractivity contribution in [2.24, 2.45) is 5.92 Å². The topological polar surface area (TPSA) is 60.2 Å². The molecule has 5 rings (SSSR count). The first-order chi connectivity index (χ1) is 15.1. The maximum Gasteiger partial charge on any atom is 0.270 e. The van der Waals surface area contributed by atoms with E-state index in [1.807, 2.05) is 67.5 Å². The van der Waals surface area contributed by atoms with Crippen LogP contribution in [0.4, 0.5) is 0 Å². The van der Waals surface area contributed by atoms with Crippen LogP contribution in [0, 0.1) is 5.92 Å². The molecule has 0 spiro atoms. The van der Waals surface area contributed by atoms with Crippen molar-refractivity contribution in [3.05, 3.63) is 60.7 Å². The summed E-state index contributed by atoms with van der Waals surface area (Å²) in [4.78, 5) is 24.5. The largest absolute Gasteiger partial charge is 0.372 e. The van der Waals surface area contributed by atoms with Gasteiger partial charge in [-0.2, -0.15) is 0 Å². The van der Waals surface area contributed by atoms with Crippen molar-refractivity contribution in [3.8, 4) is 22.5 Å². The van der Waals surface area contributed by atoms with Gasteiger partial charge in [0.15, 0.2) is 5.82 Å². The lowest BCUT2D eigenvalue weighted by Gasteiger charge is -2.35. The zero-order valence-corrected chi connectivity index (χ0v) is 18.1. The Hall–Kier alpha value is -2.99. The molecule has 6 nitrogen and oxygen atoms in total. The van der Waals surface area contributed by atoms with Crippen LogP contribution in [0.1, 0.15) is 37.2 Å². The molecule has 1 saturated carbocycles. The number of aromatic nitrogens is 3. The summed E-state index contributed by atoms with van der Waals surface area (Å²) in [6, 6.07) is 11.9. The van der Waals surface area contributed by atoms with Crippen molar-refractivity contribution in [3.63, 3.8) is 0 Å². The van der Waals surface area contributed by atoms with Gasteiger partial charge in [0, 0.05) is 54.9 Å². The Kier molecular flexibility index (Phi) is 5.32. The molecule has 1 saturated heterocycles. The van der Waals surface area contributed by atoms with Crippen LogP contribution < -0.4 is 0 Å². The molecule has 3 aromatic rings. The summed E-state index contributed by atoms with van der Waals surface area (Å²) in [5.41, 5.74) is 3.65. The number of amides is 1. The number of hydrogen-bond donors (Lipinski definition) is 0. The third-order valence-corrected chi connectivity index (χ3v) is 5.99. The molecule has 0 radical (unpaired) electrons. The molecule has 160 valence electrons. The maximum atomic E-state index is 13.4. The molecule has 0 bridgehead atoms. The number of ether oxygens (including phenoxy) is 1. The first-order valence-corrected chi connectivity index (χ1v) is 11.1. The maximum absolute atomic E-state index is 13.4. The zero-order chi connectivity index (χ0) is 21.4. The van der Waals surface area contributed by atoms with E-state index in [9.17, 15) is 4.79 Å². The van der Waals surface area contributed by atoms with Crippen LogP contribution in [-0.2, 0) is 11.3 Å². The fourth-order valence-corrected chi connectivity index (χ4v) is 4.30. The van der Waals surface area contributed by atoms with Crippen LogP contribution in [0.2, 0.25) is 0 Å². The van der Waals surface area contributed by atoms with Gasteiger partial charge in [-0.25, -0.2) is 9.97 Å². The second-order valence-corrected chi connectivity index (χ2v) is 8.84. The van der Waals surface area contributed by atoms with Gasteiger partial charge >= 0.3 is 0 Å². The lowest BCUT2D eigenvalue weighted by Crippen LogP contribution is -2.48. The molecule has 1 aliphatic heterocycles. The highest BCUT2D eigenvalue weighted by Crippen LogP contribution is 2.33. The first-order valence-electron chi connectivity index (χ1n) is 11.1. The first kappa shape index (κ1) is 19.9. The van der Waals surface area contributed by atoms with Crippen LogP contribution >= 0.6 is 0 Å². The average molecular weight is 417 g/mol. The molecular weight excluding hydrogens is 388 g/mol. The monoisotopic (exact) mass is 416 g/mol. The Morgan fingerprint density at radius 2 is 1.68 bits per heavy atom. The minimum absolute atomic E-state index is 0.0537. The minimum atomic E-state index is 0.0537. The SMILES string of the molecule is CC1CN(C(=O)c2cc(-c3cnc(-c4ccccc4)nc3)cn2CC2CC2)CC(C)O1. The van der Waals surface area contributed by atoms with Crippen molar-refractivity contribution in [2.75, 3.05) is 13.1 Å². The fraction of sp³-hybridized carbons (Fsp3) is 0.400. The van der Waals surface area contributed by atoms with Crippen LogP contribution in [0.25, 0.3) is 22.5 Å². The molecule has 2 aliphatic rings. The van der Waals surface area contributed by atoms with Crippen LogP contribution in [0.5, 0.6) is 0 Å². The third kappa shape index (κ3) is 4.39. The Balaban J connectivity index is 1.43. The number of hydrogen-bond acceptors (Lipinski definition) is 4. The summed E-state index contributed by atoms with van der Waals surface area (Å²) in [5, 5.41) is 0. The molecule has 2 aromatic heterocycles. The quantitative estimate of drug-likeness (QED) is 0.623. The zero-order valence-electron chi connectivity index (χ0n) is 18.1. The molecule has 0 N–H and O–H groups in total. The average Bonchev–Trinajstić information content (AvgIpc) is 3.50. The van der Waals surface area contributed by atoms with Gasteiger partial charge in [-0.3, -0.25) is 4.79 Å². The highest BCUT2D eigenvalue weighted by atomic mass is 16.5. The molecular formula is C25H28N4O2. The minimum Gasteiger partial charge on any atom is -0.372 e. The van der Waals surface area contributed by atoms with Gasteiger partial charge in [0.05, 0.1) is 12.2 Å². The smallest absolute Gasteiger partial charge is 0.270 e. The van der Waals surface area contributed by atoms with E-state index in [1.54, 1.807) is 0 Å². The van der Waals surface area contributed by atoms with Crippen LogP contribution in [-0.4, -0.2) is 50.6 Å². The molecule has 1 aromatic carbocycles. The van der Waals surface area contributed by atoms with Crippen LogP contribution in [0.3, 0.4) is 0 Å². The Bertz CT molecular complexity index is 1050. The van der Waals surface area contributed by atoms with Crippen molar-refractivity contribution in [2.45, 2.75) is 45.4 Å². The van der Waals surface area contributed by atoms with Gasteiger partial charge in [-0.15, -0.1) is 0 Å². The fourth-order valence-electron chi connectivity index (χ4n) is 4.30. The van der Waals surface area contributed by atoms with Crippen molar-refractivity contribution in [1.29, 1.82) is 0 Å². The second kappa shape index (κ2) is 8.27. The molecule has 1 aliphatic carbocycles. The van der Waals surface area contributed by atoms with Gasteiger partial charge in [0.1, 0.15) is 5.69 Å². The van der Waals surface area contributed by atoms with Gasteiger partial charge in [0.2, 0.25) is 0 Å². The summed E-state index contributed by atoms with van der Waals surface area (Å²) in [6.07, 6.45) is 8.36. The standard InChI is InChI=1S/C25H28N4O2/c1-17-13-29(14-18(2)31-17)25(30)23-10-21(16-28(23)15-19-8-9-19)22-11-26-24(27-12-22)20-6-4-3-5-7-20/h3-7,10-12,16-19H,8-9,13-15H2,1-2H3. The number of morpholine rings is 1. The lowest BCUT2D eigenvalue weighted by molar-refractivity contribution is -0.0588. The summed E-state index contributed by atoms with van der Waals surface area (Å²) < 4.78 is 7.94. The number of carbonyl (C=O) groups excluding carboxylic acids is 1. The predicted molar refractivity (Wildman–Crippen MR) is 120 cm³/mol. The molecule has 31 heavy (non-hydrogen) atoms. The van der Waals surface area contributed by atoms with Crippen molar-refractivity contribution in [1.82, 2.24) is 19.4 Å². The third-order valence-electron chi connectivity index (χ3n) is 5.99. The second-order valence-electron chi connectivity index (χ2n) is 8.84. The summed E-state index contributed by atoms with van der Waals surface area (Å²) >= 11 is 0. The number of carbonyl (C=O) groups is 1. The van der Waals surface area contributed by atoms with Crippen molar-refractivity contribution < 1.29 is 9.53 Å². The molecule has 2 unspecified atom stereocenters. The van der Waals surface area contributed by atoms with Crippen LogP contribution in [0.15, 0.2) is 55.0 Å². The number of nitrogens with zero attached hydrogens (tertiary/aromatic N) is 4. The van der Waals surface area contributed by atoms with Gasteiger partial charge in [-0.1, -0.05) is 30.3 Å². The van der Waals surface area contributed by atoms with E-state index >= 15 is 0 Å². The molecule has 2 fully saturated rings. The van der Waals surface area contributed by atoms with E-state index < -0.39 is 0 Å². The summed E-state index contributed by atoms with van der Waals surface area (Å²) in [6.45, 7) is 6.19. The van der Waals surface area contributed by atoms with E-state index in [0.717, 1.165) is 28.9 Å². The van der Waals surface area contributed by atoms with E-state index in [-0.39, 0.29) is 18.1 Å². The van der Waals surface area contributed by atoms with E-state index in [4.69, 9.17) is 4.74 Å². The normalized spacial score (nSPS) is 21.3. The van der Waals surface area contributed by atoms with E-state index in [2.05, 4.69) is 20.7 Å². The van der Waals surface area contributed by atoms with Crippen molar-refractivity contribution >= 4 is 5.91 Å². The molecule has 2 atom stereocenters. The predicted octanol–water partition coefficient (Wildman–Crippen LogP) is 4.27. The Morgan fingerprint density at radius 1 is 1.00 bits per heavy atom. The number of benzene rings is 1.